The van der Waals surface area contributed by atoms with Gasteiger partial charge >= 0.3 is 54.0 Å². The van der Waals surface area contributed by atoms with E-state index in [1.54, 1.807) is 57.8 Å². The van der Waals surface area contributed by atoms with E-state index >= 15 is 0 Å². The van der Waals surface area contributed by atoms with Crippen LogP contribution in [0.2, 0.25) is 0 Å². The highest BCUT2D eigenvalue weighted by molar-refractivity contribution is 6.02. The van der Waals surface area contributed by atoms with Gasteiger partial charge in [-0.3, -0.25) is 67.5 Å². The highest BCUT2D eigenvalue weighted by Crippen LogP contribution is 2.36. The maximum Gasteiger partial charge on any atom is 0.407 e. The van der Waals surface area contributed by atoms with E-state index in [1.165, 1.54) is 0 Å². The monoisotopic (exact) mass is 1350 g/mol. The molecule has 3 heterocycles. The molecule has 0 bridgehead atoms. The highest BCUT2D eigenvalue weighted by atomic mass is 16.7. The molecule has 5 aliphatic rings. The Morgan fingerprint density at radius 3 is 1.31 bits per heavy atom. The van der Waals surface area contributed by atoms with Crippen molar-refractivity contribution in [2.75, 3.05) is 118 Å². The first-order chi connectivity index (χ1) is 45.1. The molecule has 0 aromatic heterocycles. The molecule has 3 fully saturated rings. The third-order valence-electron chi connectivity index (χ3n) is 16.1. The van der Waals surface area contributed by atoms with Crippen LogP contribution in [0, 0.1) is 10.8 Å². The number of allylic oxidation sites excluding steroid dienone is 2. The SMILES string of the molecule is C[C@]1(C(=O)ON2C(=O)CCC2=O)CC/C=C/[C@@H](OC(=O)NCCOCC(=O)NCCCC(=O)CCC(C(=O)O)N2CCN(CC(=O)O)CCN(CC(=O)O)CCN(CC(=O)O)CC2)CC1.C[C@]1(C(=O)ON2C(=O)CCC2=O)CC/C=C/[C@@H](OC(=O)NCCOCC(=O)O)CC1. The van der Waals surface area contributed by atoms with Crippen molar-refractivity contribution >= 4 is 89.3 Å². The van der Waals surface area contributed by atoms with Crippen LogP contribution in [-0.2, 0) is 91.0 Å². The van der Waals surface area contributed by atoms with Crippen LogP contribution >= 0.6 is 0 Å². The number of alkyl carbamates (subject to hydrolysis) is 2. The Morgan fingerprint density at radius 1 is 0.516 bits per heavy atom. The van der Waals surface area contributed by atoms with Crippen LogP contribution in [0.25, 0.3) is 0 Å². The molecule has 7 amide bonds. The summed E-state index contributed by atoms with van der Waals surface area (Å²) in [7, 11) is 0. The van der Waals surface area contributed by atoms with Crippen molar-refractivity contribution in [2.45, 2.75) is 135 Å². The van der Waals surface area contributed by atoms with Gasteiger partial charge in [0.05, 0.1) is 43.7 Å². The molecule has 3 saturated heterocycles. The minimum Gasteiger partial charge on any atom is -0.480 e. The van der Waals surface area contributed by atoms with Crippen molar-refractivity contribution in [1.82, 2.24) is 45.7 Å². The van der Waals surface area contributed by atoms with E-state index in [1.807, 2.05) is 0 Å². The summed E-state index contributed by atoms with van der Waals surface area (Å²) in [6.07, 6.45) is 7.54. The first-order valence-corrected chi connectivity index (χ1v) is 31.4. The van der Waals surface area contributed by atoms with E-state index in [-0.39, 0.29) is 181 Å². The van der Waals surface area contributed by atoms with Crippen LogP contribution in [0.5, 0.6) is 0 Å². The van der Waals surface area contributed by atoms with E-state index in [0.717, 1.165) is 0 Å². The number of imide groups is 2. The number of hydrogen-bond acceptors (Lipinski definition) is 25. The lowest BCUT2D eigenvalue weighted by molar-refractivity contribution is -0.205. The first kappa shape index (κ1) is 78.9. The molecule has 0 radical (unpaired) electrons. The Morgan fingerprint density at radius 2 is 0.916 bits per heavy atom. The molecule has 0 saturated carbocycles. The number of Topliss-reactive ketones (excluding diaryl/α,β-unsaturated/α-hetero) is 1. The third-order valence-corrected chi connectivity index (χ3v) is 16.1. The van der Waals surface area contributed by atoms with Crippen LogP contribution < -0.4 is 16.0 Å². The van der Waals surface area contributed by atoms with Crippen LogP contribution in [-0.4, -0.2) is 281 Å². The third kappa shape index (κ3) is 29.8. The second kappa shape index (κ2) is 40.7. The van der Waals surface area contributed by atoms with Gasteiger partial charge in [-0.2, -0.15) is 0 Å². The average molecular weight is 1350 g/mol. The Kier molecular flexibility index (Phi) is 33.8. The van der Waals surface area contributed by atoms with Gasteiger partial charge in [-0.05, 0) is 90.2 Å². The fraction of sp³-hybridized carbons (Fsp3) is 0.683. The number of hydrogen-bond donors (Lipinski definition) is 8. The number of aliphatic carboxylic acids is 5. The molecular formula is C60H89N9O26. The minimum atomic E-state index is -1.21. The smallest absolute Gasteiger partial charge is 0.407 e. The fourth-order valence-corrected chi connectivity index (χ4v) is 10.5. The Bertz CT molecular complexity index is 2720. The number of ether oxygens (including phenoxy) is 4. The zero-order valence-corrected chi connectivity index (χ0v) is 53.6. The van der Waals surface area contributed by atoms with Crippen molar-refractivity contribution in [3.8, 4) is 0 Å². The number of carbonyl (C=O) groups is 15. The summed E-state index contributed by atoms with van der Waals surface area (Å²) in [5, 5.41) is 55.6. The summed E-state index contributed by atoms with van der Waals surface area (Å²) >= 11 is 0. The number of carbonyl (C=O) groups excluding carboxylic acids is 10. The van der Waals surface area contributed by atoms with Gasteiger partial charge in [0.15, 0.2) is 0 Å². The molecular weight excluding hydrogens is 1260 g/mol. The van der Waals surface area contributed by atoms with Gasteiger partial charge < -0.3 is 70.1 Å². The predicted molar refractivity (Wildman–Crippen MR) is 323 cm³/mol. The van der Waals surface area contributed by atoms with Gasteiger partial charge in [-0.15, -0.1) is 10.1 Å². The van der Waals surface area contributed by atoms with E-state index in [2.05, 4.69) is 16.0 Å². The molecule has 35 heteroatoms. The summed E-state index contributed by atoms with van der Waals surface area (Å²) in [5.41, 5.74) is -1.97. The molecule has 0 aromatic rings. The largest absolute Gasteiger partial charge is 0.480 e. The van der Waals surface area contributed by atoms with E-state index < -0.39 is 119 Å². The highest BCUT2D eigenvalue weighted by Gasteiger charge is 2.43. The second-order valence-electron chi connectivity index (χ2n) is 23.7. The van der Waals surface area contributed by atoms with Crippen molar-refractivity contribution in [3.05, 3.63) is 24.3 Å². The number of rotatable bonds is 31. The normalized spacial score (nSPS) is 23.0. The summed E-state index contributed by atoms with van der Waals surface area (Å²) in [5.74, 6) is -9.94. The van der Waals surface area contributed by atoms with Crippen LogP contribution in [0.1, 0.15) is 117 Å². The van der Waals surface area contributed by atoms with Gasteiger partial charge in [0.2, 0.25) is 5.91 Å². The predicted octanol–water partition coefficient (Wildman–Crippen LogP) is -0.0581. The topological polar surface area (TPSA) is 468 Å². The molecule has 3 aliphatic heterocycles. The molecule has 0 spiro atoms. The molecule has 95 heavy (non-hydrogen) atoms. The molecule has 530 valence electrons. The van der Waals surface area contributed by atoms with Crippen LogP contribution in [0.15, 0.2) is 24.3 Å². The molecule has 1 unspecified atom stereocenters. The van der Waals surface area contributed by atoms with Gasteiger partial charge in [0.1, 0.15) is 37.2 Å². The average Bonchev–Trinajstić information content (AvgIpc) is 1.82. The molecule has 35 nitrogen and oxygen atoms in total. The molecule has 8 N–H and O–H groups in total. The van der Waals surface area contributed by atoms with Crippen LogP contribution in [0.4, 0.5) is 9.59 Å². The number of amides is 7. The quantitative estimate of drug-likeness (QED) is 0.0256. The Labute approximate surface area is 547 Å². The zero-order chi connectivity index (χ0) is 70.1. The van der Waals surface area contributed by atoms with Gasteiger partial charge in [-0.1, -0.05) is 12.2 Å². The fourth-order valence-electron chi connectivity index (χ4n) is 10.5. The molecule has 0 aromatic carbocycles. The van der Waals surface area contributed by atoms with Crippen molar-refractivity contribution in [2.24, 2.45) is 10.8 Å². The number of carboxylic acid groups (broad SMARTS) is 5. The molecule has 2 aliphatic carbocycles. The lowest BCUT2D eigenvalue weighted by Crippen LogP contribution is -2.51. The van der Waals surface area contributed by atoms with Crippen molar-refractivity contribution in [3.63, 3.8) is 0 Å². The number of nitrogens with one attached hydrogen (secondary N) is 3. The van der Waals surface area contributed by atoms with Crippen molar-refractivity contribution in [1.29, 1.82) is 0 Å². The number of ketones is 1. The number of nitrogens with zero attached hydrogens (tertiary/aromatic N) is 6. The summed E-state index contributed by atoms with van der Waals surface area (Å²) in [6, 6.07) is -1.15. The van der Waals surface area contributed by atoms with Gasteiger partial charge in [-0.25, -0.2) is 24.0 Å². The minimum absolute atomic E-state index is 0.0161. The van der Waals surface area contributed by atoms with E-state index in [4.69, 9.17) is 33.7 Å². The zero-order valence-electron chi connectivity index (χ0n) is 53.6. The lowest BCUT2D eigenvalue weighted by Gasteiger charge is -2.35. The molecule has 5 rings (SSSR count). The maximum atomic E-state index is 12.9. The van der Waals surface area contributed by atoms with E-state index in [0.29, 0.717) is 48.7 Å². The lowest BCUT2D eigenvalue weighted by atomic mass is 9.79. The first-order valence-electron chi connectivity index (χ1n) is 31.4. The summed E-state index contributed by atoms with van der Waals surface area (Å²) in [6.45, 7) is 2.87. The second-order valence-corrected chi connectivity index (χ2v) is 23.7. The standard InChI is InChI=1S/C41H63N7O17.C19H26N2O9/c1-41(39(61)65-48-33(51)9-10-34(48)52)12-3-2-6-30(11-13-41)64-40(62)43-15-24-63-28-32(50)42-14-4-5-29(49)7-8-31(38(59)60)47-22-20-45(26-36(55)56)18-16-44(25-35(53)54)17-19-46(21-23-47)27-37(57)58;1-19(17(26)30-21-14(22)5-6-15(21)23)8-3-2-4-13(7-9-19)29-18(27)20-10-11-28-12-16(24)25/h2,6,30-31H,3-5,7-28H2,1H3,(H,42,50)(H,43,62)(H,53,54)(H,55,56)(H,57,58)(H,59,60);2,4,13H,3,5-12H2,1H3,(H,20,27)(H,24,25)/b6-2+;4-2+/t30-,31?,41+;13-,19+/m11/s1. The number of hydroxylamine groups is 4. The van der Waals surface area contributed by atoms with Gasteiger partial charge in [0.25, 0.3) is 23.6 Å². The van der Waals surface area contributed by atoms with E-state index in [9.17, 15) is 92.3 Å². The van der Waals surface area contributed by atoms with Crippen LogP contribution in [0.3, 0.4) is 0 Å². The Balaban J connectivity index is 0.000000531. The van der Waals surface area contributed by atoms with Crippen molar-refractivity contribution < 1.29 is 126 Å². The summed E-state index contributed by atoms with van der Waals surface area (Å²) in [4.78, 5) is 196. The molecule has 5 atom stereocenters. The Hall–Kier alpha value is -8.51. The maximum absolute atomic E-state index is 12.9. The number of carboxylic acids is 5. The summed E-state index contributed by atoms with van der Waals surface area (Å²) < 4.78 is 20.9. The van der Waals surface area contributed by atoms with Gasteiger partial charge in [0, 0.05) is 111 Å².